The average molecular weight is 392 g/mol. The molecule has 1 aromatic carbocycles. The van der Waals surface area contributed by atoms with Gasteiger partial charge in [0.15, 0.2) is 0 Å². The van der Waals surface area contributed by atoms with Gasteiger partial charge >= 0.3 is 0 Å². The van der Waals surface area contributed by atoms with Crippen molar-refractivity contribution in [1.29, 1.82) is 0 Å². The molecule has 2 aromatic heterocycles. The number of aromatic nitrogens is 1. The highest BCUT2D eigenvalue weighted by Crippen LogP contribution is 2.27. The average Bonchev–Trinajstić information content (AvgIpc) is 3.12. The third-order valence-corrected chi connectivity index (χ3v) is 6.22. The summed E-state index contributed by atoms with van der Waals surface area (Å²) in [6, 6.07) is 10.2. The molecule has 0 saturated carbocycles. The number of carbonyl (C=O) groups is 1. The van der Waals surface area contributed by atoms with E-state index in [1.807, 2.05) is 36.6 Å². The van der Waals surface area contributed by atoms with Crippen LogP contribution in [0.25, 0.3) is 17.0 Å². The number of rotatable bonds is 4. The second-order valence-corrected chi connectivity index (χ2v) is 8.32. The Morgan fingerprint density at radius 2 is 1.93 bits per heavy atom. The van der Waals surface area contributed by atoms with E-state index in [2.05, 4.69) is 29.3 Å². The minimum atomic E-state index is -0.123. The largest absolute Gasteiger partial charge is 0.357 e. The molecule has 1 aliphatic rings. The quantitative estimate of drug-likeness (QED) is 0.593. The van der Waals surface area contributed by atoms with Gasteiger partial charge in [0.25, 0.3) is 0 Å². The first-order chi connectivity index (χ1) is 13.6. The van der Waals surface area contributed by atoms with E-state index in [1.165, 1.54) is 30.4 Å². The van der Waals surface area contributed by atoms with E-state index < -0.39 is 0 Å². The first kappa shape index (κ1) is 18.7. The zero-order valence-corrected chi connectivity index (χ0v) is 17.2. The number of thiophene rings is 1. The van der Waals surface area contributed by atoms with Crippen LogP contribution < -0.4 is 10.2 Å². The number of nitrogens with one attached hydrogen (secondary N) is 1. The summed E-state index contributed by atoms with van der Waals surface area (Å²) in [5, 5.41) is 6.07. The lowest BCUT2D eigenvalue weighted by Crippen LogP contribution is -2.30. The maximum absolute atomic E-state index is 12.3. The fourth-order valence-electron chi connectivity index (χ4n) is 3.63. The lowest BCUT2D eigenvalue weighted by Gasteiger charge is -2.28. The third-order valence-electron chi connectivity index (χ3n) is 5.24. The molecule has 1 aliphatic heterocycles. The summed E-state index contributed by atoms with van der Waals surface area (Å²) >= 11 is 1.64. The van der Waals surface area contributed by atoms with Gasteiger partial charge in [0, 0.05) is 35.1 Å². The number of fused-ring (bicyclic) bond motifs is 1. The van der Waals surface area contributed by atoms with E-state index in [1.54, 1.807) is 17.4 Å². The van der Waals surface area contributed by atoms with Gasteiger partial charge in [0.1, 0.15) is 5.82 Å². The maximum atomic E-state index is 12.3. The highest BCUT2D eigenvalue weighted by molar-refractivity contribution is 7.11. The van der Waals surface area contributed by atoms with Crippen LogP contribution >= 0.6 is 11.3 Å². The smallest absolute Gasteiger partial charge is 0.248 e. The predicted octanol–water partition coefficient (Wildman–Crippen LogP) is 5.56. The molecule has 1 N–H and O–H groups in total. The molecule has 5 heteroatoms. The van der Waals surface area contributed by atoms with E-state index >= 15 is 0 Å². The highest BCUT2D eigenvalue weighted by atomic mass is 32.1. The van der Waals surface area contributed by atoms with Crippen LogP contribution in [0, 0.1) is 13.8 Å². The van der Waals surface area contributed by atoms with Gasteiger partial charge in [-0.15, -0.1) is 11.3 Å². The maximum Gasteiger partial charge on any atom is 0.248 e. The van der Waals surface area contributed by atoms with Crippen molar-refractivity contribution in [3.05, 3.63) is 57.8 Å². The minimum Gasteiger partial charge on any atom is -0.357 e. The summed E-state index contributed by atoms with van der Waals surface area (Å²) in [5.74, 6) is 0.943. The molecule has 4 rings (SSSR count). The van der Waals surface area contributed by atoms with E-state index in [-0.39, 0.29) is 5.91 Å². The topological polar surface area (TPSA) is 45.2 Å². The van der Waals surface area contributed by atoms with Gasteiger partial charge in [-0.25, -0.2) is 4.98 Å². The Hall–Kier alpha value is -2.66. The van der Waals surface area contributed by atoms with E-state index in [0.29, 0.717) is 0 Å². The first-order valence-electron chi connectivity index (χ1n) is 9.80. The molecule has 0 aliphatic carbocycles. The fraction of sp³-hybridized carbons (Fsp3) is 0.304. The molecule has 144 valence electrons. The molecule has 0 atom stereocenters. The number of piperidine rings is 1. The SMILES string of the molecule is Cc1ccsc1/C=C/C(=O)Nc1ccc2nc(N3CCCCC3)cc(C)c2c1. The van der Waals surface area contributed by atoms with Gasteiger partial charge in [-0.3, -0.25) is 4.79 Å². The highest BCUT2D eigenvalue weighted by Gasteiger charge is 2.14. The van der Waals surface area contributed by atoms with Crippen molar-refractivity contribution >= 4 is 45.7 Å². The second kappa shape index (κ2) is 8.15. The monoisotopic (exact) mass is 391 g/mol. The molecule has 4 nitrogen and oxygen atoms in total. The van der Waals surface area contributed by atoms with Gasteiger partial charge in [-0.1, -0.05) is 0 Å². The molecular formula is C23H25N3OS. The number of amides is 1. The summed E-state index contributed by atoms with van der Waals surface area (Å²) in [6.45, 7) is 6.33. The Balaban J connectivity index is 1.52. The van der Waals surface area contributed by atoms with Crippen LogP contribution in [0.4, 0.5) is 11.5 Å². The van der Waals surface area contributed by atoms with Crippen molar-refractivity contribution in [3.63, 3.8) is 0 Å². The van der Waals surface area contributed by atoms with Crippen molar-refractivity contribution < 1.29 is 4.79 Å². The zero-order chi connectivity index (χ0) is 19.5. The molecular weight excluding hydrogens is 366 g/mol. The van der Waals surface area contributed by atoms with Crippen LogP contribution in [0.1, 0.15) is 35.3 Å². The number of pyridine rings is 1. The molecule has 0 unspecified atom stereocenters. The third kappa shape index (κ3) is 4.09. The number of carbonyl (C=O) groups excluding carboxylic acids is 1. The Kier molecular flexibility index (Phi) is 5.44. The van der Waals surface area contributed by atoms with Crippen LogP contribution in [-0.2, 0) is 4.79 Å². The van der Waals surface area contributed by atoms with Crippen molar-refractivity contribution in [3.8, 4) is 0 Å². The molecule has 1 saturated heterocycles. The summed E-state index contributed by atoms with van der Waals surface area (Å²) < 4.78 is 0. The Morgan fingerprint density at radius 3 is 2.68 bits per heavy atom. The van der Waals surface area contributed by atoms with Crippen LogP contribution in [-0.4, -0.2) is 24.0 Å². The molecule has 1 fully saturated rings. The lowest BCUT2D eigenvalue weighted by molar-refractivity contribution is -0.111. The van der Waals surface area contributed by atoms with E-state index in [4.69, 9.17) is 4.98 Å². The molecule has 0 spiro atoms. The van der Waals surface area contributed by atoms with Gasteiger partial charge < -0.3 is 10.2 Å². The van der Waals surface area contributed by atoms with Gasteiger partial charge in [-0.2, -0.15) is 0 Å². The van der Waals surface area contributed by atoms with E-state index in [9.17, 15) is 4.79 Å². The summed E-state index contributed by atoms with van der Waals surface area (Å²) in [5.41, 5.74) is 4.14. The number of aryl methyl sites for hydroxylation is 2. The predicted molar refractivity (Wildman–Crippen MR) is 119 cm³/mol. The molecule has 0 radical (unpaired) electrons. The Bertz CT molecular complexity index is 1030. The first-order valence-corrected chi connectivity index (χ1v) is 10.7. The molecule has 3 aromatic rings. The zero-order valence-electron chi connectivity index (χ0n) is 16.4. The number of anilines is 2. The van der Waals surface area contributed by atoms with Crippen molar-refractivity contribution in [2.45, 2.75) is 33.1 Å². The van der Waals surface area contributed by atoms with Gasteiger partial charge in [0.2, 0.25) is 5.91 Å². The van der Waals surface area contributed by atoms with Crippen LogP contribution in [0.15, 0.2) is 41.8 Å². The normalized spacial score (nSPS) is 14.7. The molecule has 28 heavy (non-hydrogen) atoms. The number of hydrogen-bond acceptors (Lipinski definition) is 4. The lowest BCUT2D eigenvalue weighted by atomic mass is 10.1. The van der Waals surface area contributed by atoms with Gasteiger partial charge in [0.05, 0.1) is 5.52 Å². The molecule has 1 amide bonds. The molecule has 0 bridgehead atoms. The summed E-state index contributed by atoms with van der Waals surface area (Å²) in [4.78, 5) is 20.6. The van der Waals surface area contributed by atoms with E-state index in [0.717, 1.165) is 40.4 Å². The van der Waals surface area contributed by atoms with Gasteiger partial charge in [-0.05, 0) is 86.0 Å². The van der Waals surface area contributed by atoms with Crippen LogP contribution in [0.2, 0.25) is 0 Å². The Morgan fingerprint density at radius 1 is 1.11 bits per heavy atom. The standard InChI is InChI=1S/C23H25N3OS/c1-16-10-13-28-21(16)8-9-23(27)24-18-6-7-20-19(15-18)17(2)14-22(25-20)26-11-4-3-5-12-26/h6-10,13-15H,3-5,11-12H2,1-2H3,(H,24,27)/b9-8+. The van der Waals surface area contributed by atoms with Crippen molar-refractivity contribution in [2.24, 2.45) is 0 Å². The number of nitrogens with zero attached hydrogens (tertiary/aromatic N) is 2. The minimum absolute atomic E-state index is 0.123. The number of hydrogen-bond donors (Lipinski definition) is 1. The van der Waals surface area contributed by atoms with Crippen LogP contribution in [0.5, 0.6) is 0 Å². The summed E-state index contributed by atoms with van der Waals surface area (Å²) in [6.07, 6.45) is 7.25. The Labute approximate surface area is 169 Å². The second-order valence-electron chi connectivity index (χ2n) is 7.37. The van der Waals surface area contributed by atoms with Crippen molar-refractivity contribution in [2.75, 3.05) is 23.3 Å². The van der Waals surface area contributed by atoms with Crippen molar-refractivity contribution in [1.82, 2.24) is 4.98 Å². The molecule has 3 heterocycles. The summed E-state index contributed by atoms with van der Waals surface area (Å²) in [7, 11) is 0. The fourth-order valence-corrected chi connectivity index (χ4v) is 4.45. The number of benzene rings is 1. The van der Waals surface area contributed by atoms with Crippen LogP contribution in [0.3, 0.4) is 0 Å².